The topological polar surface area (TPSA) is 55.2 Å². The second-order valence-electron chi connectivity index (χ2n) is 3.37. The van der Waals surface area contributed by atoms with Crippen LogP contribution in [0.15, 0.2) is 23.6 Å². The van der Waals surface area contributed by atoms with Crippen LogP contribution in [-0.4, -0.2) is 22.4 Å². The van der Waals surface area contributed by atoms with E-state index in [1.165, 1.54) is 18.4 Å². The van der Waals surface area contributed by atoms with Crippen molar-refractivity contribution in [3.8, 4) is 5.88 Å². The van der Waals surface area contributed by atoms with Gasteiger partial charge >= 0.3 is 0 Å². The second-order valence-corrected chi connectivity index (χ2v) is 4.32. The van der Waals surface area contributed by atoms with E-state index in [0.29, 0.717) is 11.6 Å². The molecule has 0 bridgehead atoms. The van der Waals surface area contributed by atoms with Crippen LogP contribution in [0.1, 0.15) is 22.2 Å². The van der Waals surface area contributed by atoms with Crippen molar-refractivity contribution in [2.75, 3.05) is 7.11 Å². The third-order valence-electron chi connectivity index (χ3n) is 2.30. The molecule has 0 aliphatic rings. The first kappa shape index (κ1) is 11.0. The molecule has 1 unspecified atom stereocenters. The van der Waals surface area contributed by atoms with Crippen LogP contribution in [-0.2, 0) is 0 Å². The molecule has 84 valence electrons. The van der Waals surface area contributed by atoms with Crippen LogP contribution in [0, 0.1) is 6.92 Å². The SMILES string of the molecule is COc1ccc(C(O)c2sccc2C)nn1. The fraction of sp³-hybridized carbons (Fsp3) is 0.273. The first-order valence-electron chi connectivity index (χ1n) is 4.82. The predicted molar refractivity (Wildman–Crippen MR) is 61.7 cm³/mol. The fourth-order valence-electron chi connectivity index (χ4n) is 1.38. The van der Waals surface area contributed by atoms with Gasteiger partial charge in [-0.25, -0.2) is 0 Å². The molecule has 5 heteroatoms. The molecule has 0 radical (unpaired) electrons. The Hall–Kier alpha value is -1.46. The summed E-state index contributed by atoms with van der Waals surface area (Å²) in [4.78, 5) is 0.902. The van der Waals surface area contributed by atoms with Crippen molar-refractivity contribution in [1.29, 1.82) is 0 Å². The summed E-state index contributed by atoms with van der Waals surface area (Å²) in [5.74, 6) is 0.443. The standard InChI is InChI=1S/C11H12N2O2S/c1-7-5-6-16-11(7)10(14)8-3-4-9(15-2)13-12-8/h3-6,10,14H,1-2H3. The lowest BCUT2D eigenvalue weighted by Crippen LogP contribution is -2.03. The van der Waals surface area contributed by atoms with E-state index >= 15 is 0 Å². The van der Waals surface area contributed by atoms with Gasteiger partial charge in [0.05, 0.1) is 12.8 Å². The lowest BCUT2D eigenvalue weighted by Gasteiger charge is -2.08. The first-order valence-corrected chi connectivity index (χ1v) is 5.70. The van der Waals surface area contributed by atoms with E-state index in [2.05, 4.69) is 10.2 Å². The van der Waals surface area contributed by atoms with Crippen LogP contribution in [0.2, 0.25) is 0 Å². The number of aryl methyl sites for hydroxylation is 1. The van der Waals surface area contributed by atoms with E-state index in [9.17, 15) is 5.11 Å². The van der Waals surface area contributed by atoms with Crippen molar-refractivity contribution < 1.29 is 9.84 Å². The summed E-state index contributed by atoms with van der Waals surface area (Å²) in [6, 6.07) is 5.38. The molecule has 0 saturated carbocycles. The lowest BCUT2D eigenvalue weighted by molar-refractivity contribution is 0.216. The molecule has 0 spiro atoms. The van der Waals surface area contributed by atoms with E-state index in [1.54, 1.807) is 12.1 Å². The summed E-state index contributed by atoms with van der Waals surface area (Å²) in [5.41, 5.74) is 1.60. The maximum Gasteiger partial charge on any atom is 0.233 e. The Bertz CT molecular complexity index is 467. The van der Waals surface area contributed by atoms with Crippen molar-refractivity contribution in [1.82, 2.24) is 10.2 Å². The van der Waals surface area contributed by atoms with Gasteiger partial charge in [0.15, 0.2) is 0 Å². The van der Waals surface area contributed by atoms with Gasteiger partial charge in [0.1, 0.15) is 6.10 Å². The average molecular weight is 236 g/mol. The summed E-state index contributed by atoms with van der Waals surface area (Å²) in [6.45, 7) is 1.96. The number of nitrogens with zero attached hydrogens (tertiary/aromatic N) is 2. The highest BCUT2D eigenvalue weighted by molar-refractivity contribution is 7.10. The summed E-state index contributed by atoms with van der Waals surface area (Å²) in [6.07, 6.45) is -0.710. The number of hydrogen-bond donors (Lipinski definition) is 1. The molecule has 0 aromatic carbocycles. The van der Waals surface area contributed by atoms with Gasteiger partial charge in [0.2, 0.25) is 5.88 Å². The second kappa shape index (κ2) is 4.59. The summed E-state index contributed by atoms with van der Waals surface area (Å²) in [7, 11) is 1.53. The molecule has 2 aromatic heterocycles. The monoisotopic (exact) mass is 236 g/mol. The molecule has 2 heterocycles. The highest BCUT2D eigenvalue weighted by Gasteiger charge is 2.16. The van der Waals surface area contributed by atoms with Crippen molar-refractivity contribution >= 4 is 11.3 Å². The van der Waals surface area contributed by atoms with Crippen molar-refractivity contribution in [3.63, 3.8) is 0 Å². The molecule has 0 fully saturated rings. The van der Waals surface area contributed by atoms with Crippen LogP contribution >= 0.6 is 11.3 Å². The largest absolute Gasteiger partial charge is 0.480 e. The van der Waals surface area contributed by atoms with Gasteiger partial charge in [-0.05, 0) is 30.0 Å². The van der Waals surface area contributed by atoms with Crippen molar-refractivity contribution in [2.24, 2.45) is 0 Å². The van der Waals surface area contributed by atoms with Gasteiger partial charge in [-0.1, -0.05) is 0 Å². The molecule has 0 aliphatic carbocycles. The van der Waals surface area contributed by atoms with Crippen LogP contribution in [0.5, 0.6) is 5.88 Å². The summed E-state index contributed by atoms with van der Waals surface area (Å²) < 4.78 is 4.91. The number of aliphatic hydroxyl groups is 1. The van der Waals surface area contributed by atoms with E-state index < -0.39 is 6.10 Å². The Morgan fingerprint density at radius 2 is 2.12 bits per heavy atom. The van der Waals surface area contributed by atoms with Gasteiger partial charge in [-0.3, -0.25) is 0 Å². The molecule has 2 rings (SSSR count). The Labute approximate surface area is 97.5 Å². The van der Waals surface area contributed by atoms with Gasteiger partial charge < -0.3 is 9.84 Å². The number of ether oxygens (including phenoxy) is 1. The van der Waals surface area contributed by atoms with E-state index in [4.69, 9.17) is 4.74 Å². The van der Waals surface area contributed by atoms with E-state index in [1.807, 2.05) is 18.4 Å². The molecule has 16 heavy (non-hydrogen) atoms. The van der Waals surface area contributed by atoms with Crippen LogP contribution in [0.25, 0.3) is 0 Å². The molecule has 1 atom stereocenters. The first-order chi connectivity index (χ1) is 7.72. The molecule has 0 saturated heterocycles. The molecule has 0 amide bonds. The molecular formula is C11H12N2O2S. The van der Waals surface area contributed by atoms with Gasteiger partial charge in [0, 0.05) is 10.9 Å². The predicted octanol–water partition coefficient (Wildman–Crippen LogP) is 1.94. The molecular weight excluding hydrogens is 224 g/mol. The maximum atomic E-state index is 10.1. The van der Waals surface area contributed by atoms with E-state index in [0.717, 1.165) is 10.4 Å². The van der Waals surface area contributed by atoms with Gasteiger partial charge in [-0.15, -0.1) is 21.5 Å². The molecule has 0 aliphatic heterocycles. The third kappa shape index (κ3) is 2.05. The summed E-state index contributed by atoms with van der Waals surface area (Å²) >= 11 is 1.51. The normalized spacial score (nSPS) is 12.4. The number of rotatable bonds is 3. The molecule has 2 aromatic rings. The highest BCUT2D eigenvalue weighted by Crippen LogP contribution is 2.28. The lowest BCUT2D eigenvalue weighted by atomic mass is 10.1. The van der Waals surface area contributed by atoms with Crippen LogP contribution in [0.4, 0.5) is 0 Å². The number of thiophene rings is 1. The minimum Gasteiger partial charge on any atom is -0.480 e. The number of aliphatic hydroxyl groups excluding tert-OH is 1. The Morgan fingerprint density at radius 1 is 1.31 bits per heavy atom. The molecule has 1 N–H and O–H groups in total. The minimum absolute atomic E-state index is 0.443. The maximum absolute atomic E-state index is 10.1. The number of methoxy groups -OCH3 is 1. The Morgan fingerprint density at radius 3 is 2.62 bits per heavy atom. The molecule has 4 nitrogen and oxygen atoms in total. The Balaban J connectivity index is 2.27. The van der Waals surface area contributed by atoms with E-state index in [-0.39, 0.29) is 0 Å². The van der Waals surface area contributed by atoms with Gasteiger partial charge in [-0.2, -0.15) is 0 Å². The third-order valence-corrected chi connectivity index (χ3v) is 3.37. The summed E-state index contributed by atoms with van der Waals surface area (Å²) in [5, 5.41) is 19.8. The minimum atomic E-state index is -0.710. The Kier molecular flexibility index (Phi) is 3.17. The van der Waals surface area contributed by atoms with Gasteiger partial charge in [0.25, 0.3) is 0 Å². The zero-order valence-electron chi connectivity index (χ0n) is 9.04. The highest BCUT2D eigenvalue weighted by atomic mass is 32.1. The number of hydrogen-bond acceptors (Lipinski definition) is 5. The smallest absolute Gasteiger partial charge is 0.233 e. The number of aromatic nitrogens is 2. The van der Waals surface area contributed by atoms with Crippen molar-refractivity contribution in [3.05, 3.63) is 39.7 Å². The van der Waals surface area contributed by atoms with Crippen LogP contribution < -0.4 is 4.74 Å². The fourth-order valence-corrected chi connectivity index (χ4v) is 2.31. The zero-order chi connectivity index (χ0) is 11.5. The average Bonchev–Trinajstić information content (AvgIpc) is 2.75. The quantitative estimate of drug-likeness (QED) is 0.884. The van der Waals surface area contributed by atoms with Crippen molar-refractivity contribution in [2.45, 2.75) is 13.0 Å². The zero-order valence-corrected chi connectivity index (χ0v) is 9.86. The van der Waals surface area contributed by atoms with Crippen LogP contribution in [0.3, 0.4) is 0 Å².